The van der Waals surface area contributed by atoms with Gasteiger partial charge in [-0.1, -0.05) is 47.1 Å². The molecule has 0 spiro atoms. The molecule has 1 aromatic heterocycles. The first-order valence-corrected chi connectivity index (χ1v) is 8.38. The number of carbonyl (C=O) groups is 1. The van der Waals surface area contributed by atoms with Gasteiger partial charge in [-0.2, -0.15) is 0 Å². The number of nitrogens with one attached hydrogen (secondary N) is 1. The van der Waals surface area contributed by atoms with Crippen molar-refractivity contribution in [2.75, 3.05) is 0 Å². The van der Waals surface area contributed by atoms with E-state index in [2.05, 4.69) is 4.98 Å². The maximum absolute atomic E-state index is 12.5. The zero-order valence-electron chi connectivity index (χ0n) is 10.5. The number of thioether (sulfide) groups is 1. The Morgan fingerprint density at radius 3 is 2.86 bits per heavy atom. The highest BCUT2D eigenvalue weighted by atomic mass is 35.5. The van der Waals surface area contributed by atoms with Crippen molar-refractivity contribution in [1.82, 2.24) is 4.98 Å². The van der Waals surface area contributed by atoms with Crippen molar-refractivity contribution >= 4 is 63.2 Å². The fourth-order valence-electron chi connectivity index (χ4n) is 1.96. The number of hydrogen-bond donors (Lipinski definition) is 1. The van der Waals surface area contributed by atoms with Crippen LogP contribution in [0.15, 0.2) is 34.7 Å². The number of rotatable bonds is 2. The summed E-state index contributed by atoms with van der Waals surface area (Å²) in [4.78, 5) is 17.1. The molecule has 3 nitrogen and oxygen atoms in total. The lowest BCUT2D eigenvalue weighted by Crippen LogP contribution is -2.11. The number of allylic oxidation sites excluding steroid dienone is 1. The monoisotopic (exact) mass is 354 g/mol. The number of halogens is 2. The van der Waals surface area contributed by atoms with Gasteiger partial charge < -0.3 is 0 Å². The summed E-state index contributed by atoms with van der Waals surface area (Å²) in [5.74, 6) is -0.699. The maximum atomic E-state index is 12.5. The van der Waals surface area contributed by atoms with Gasteiger partial charge >= 0.3 is 0 Å². The third-order valence-corrected chi connectivity index (χ3v) is 5.62. The molecule has 1 saturated heterocycles. The number of carbonyl (C=O) groups excluding carboxylic acids is 1. The van der Waals surface area contributed by atoms with Crippen LogP contribution in [-0.2, 0) is 4.79 Å². The van der Waals surface area contributed by atoms with Crippen LogP contribution in [-0.4, -0.2) is 15.8 Å². The molecule has 2 aromatic rings. The van der Waals surface area contributed by atoms with Crippen LogP contribution in [0.25, 0.3) is 6.08 Å². The average Bonchev–Trinajstić information content (AvgIpc) is 3.04. The Kier molecular flexibility index (Phi) is 4.17. The second kappa shape index (κ2) is 5.93. The predicted octanol–water partition coefficient (Wildman–Crippen LogP) is 4.87. The van der Waals surface area contributed by atoms with Crippen LogP contribution in [0.4, 0.5) is 0 Å². The number of hydrogen-bond acceptors (Lipinski definition) is 5. The van der Waals surface area contributed by atoms with Gasteiger partial charge in [0.2, 0.25) is 0 Å². The summed E-state index contributed by atoms with van der Waals surface area (Å²) in [7, 11) is 0. The summed E-state index contributed by atoms with van der Waals surface area (Å²) in [5.41, 5.74) is 0.674. The average molecular weight is 355 g/mol. The zero-order chi connectivity index (χ0) is 15.0. The molecule has 0 amide bonds. The highest BCUT2D eigenvalue weighted by Gasteiger charge is 2.38. The Labute approximate surface area is 139 Å². The molecule has 21 heavy (non-hydrogen) atoms. The number of aromatic nitrogens is 1. The van der Waals surface area contributed by atoms with Crippen LogP contribution in [0, 0.1) is 5.41 Å². The molecular weight excluding hydrogens is 347 g/mol. The van der Waals surface area contributed by atoms with Crippen molar-refractivity contribution in [3.05, 3.63) is 55.3 Å². The van der Waals surface area contributed by atoms with Crippen LogP contribution >= 0.6 is 46.3 Å². The summed E-state index contributed by atoms with van der Waals surface area (Å²) >= 11 is 14.6. The van der Waals surface area contributed by atoms with Gasteiger partial charge in [0, 0.05) is 11.6 Å². The number of nitrogens with zero attached hydrogens (tertiary/aromatic N) is 1. The Bertz CT molecular complexity index is 756. The Morgan fingerprint density at radius 2 is 2.14 bits per heavy atom. The van der Waals surface area contributed by atoms with Crippen molar-refractivity contribution in [3.8, 4) is 0 Å². The Hall–Kier alpha value is -1.14. The van der Waals surface area contributed by atoms with Gasteiger partial charge in [-0.05, 0) is 17.7 Å². The van der Waals surface area contributed by atoms with Gasteiger partial charge in [0.05, 0.1) is 20.0 Å². The van der Waals surface area contributed by atoms with Gasteiger partial charge in [0.25, 0.3) is 0 Å². The molecule has 0 radical (unpaired) electrons. The fourth-order valence-corrected chi connectivity index (χ4v) is 4.12. The molecule has 7 heteroatoms. The molecule has 0 saturated carbocycles. The minimum absolute atomic E-state index is 0.115. The fraction of sp³-hybridized carbons (Fsp3) is 0.0714. The Balaban J connectivity index is 1.98. The summed E-state index contributed by atoms with van der Waals surface area (Å²) < 4.78 is 0. The van der Waals surface area contributed by atoms with Gasteiger partial charge in [-0.3, -0.25) is 10.2 Å². The van der Waals surface area contributed by atoms with E-state index in [1.165, 1.54) is 11.3 Å². The molecule has 2 heterocycles. The van der Waals surface area contributed by atoms with Crippen LogP contribution in [0.5, 0.6) is 0 Å². The third kappa shape index (κ3) is 2.79. The van der Waals surface area contributed by atoms with E-state index in [0.717, 1.165) is 11.8 Å². The third-order valence-electron chi connectivity index (χ3n) is 2.95. The SMILES string of the molecule is N=C1SC(=Cc2cccc(Cl)c2Cl)C(=O)C1c1nccs1. The van der Waals surface area contributed by atoms with E-state index in [0.29, 0.717) is 30.6 Å². The summed E-state index contributed by atoms with van der Waals surface area (Å²) in [6.45, 7) is 0. The minimum atomic E-state index is -0.584. The minimum Gasteiger partial charge on any atom is -0.297 e. The van der Waals surface area contributed by atoms with E-state index in [9.17, 15) is 4.79 Å². The number of benzene rings is 1. The highest BCUT2D eigenvalue weighted by Crippen LogP contribution is 2.42. The molecular formula is C14H8Cl2N2OS2. The molecule has 1 aromatic carbocycles. The summed E-state index contributed by atoms with van der Waals surface area (Å²) in [5, 5.41) is 11.6. The van der Waals surface area contributed by atoms with Gasteiger partial charge in [-0.15, -0.1) is 11.3 Å². The number of thiazole rings is 1. The second-order valence-corrected chi connectivity index (χ2v) is 7.08. The van der Waals surface area contributed by atoms with E-state index < -0.39 is 5.92 Å². The highest BCUT2D eigenvalue weighted by molar-refractivity contribution is 8.19. The van der Waals surface area contributed by atoms with E-state index >= 15 is 0 Å². The van der Waals surface area contributed by atoms with E-state index in [1.807, 2.05) is 0 Å². The van der Waals surface area contributed by atoms with E-state index in [4.69, 9.17) is 28.6 Å². The largest absolute Gasteiger partial charge is 0.297 e. The molecule has 0 bridgehead atoms. The second-order valence-electron chi connectivity index (χ2n) is 4.29. The van der Waals surface area contributed by atoms with Crippen LogP contribution in [0.1, 0.15) is 16.5 Å². The smallest absolute Gasteiger partial charge is 0.186 e. The van der Waals surface area contributed by atoms with Gasteiger partial charge in [0.1, 0.15) is 10.9 Å². The molecule has 3 rings (SSSR count). The van der Waals surface area contributed by atoms with E-state index in [1.54, 1.807) is 35.9 Å². The summed E-state index contributed by atoms with van der Waals surface area (Å²) in [6.07, 6.45) is 3.32. The molecule has 1 fully saturated rings. The lowest BCUT2D eigenvalue weighted by atomic mass is 10.1. The Morgan fingerprint density at radius 1 is 1.33 bits per heavy atom. The molecule has 1 N–H and O–H groups in total. The lowest BCUT2D eigenvalue weighted by molar-refractivity contribution is -0.114. The van der Waals surface area contributed by atoms with E-state index in [-0.39, 0.29) is 5.78 Å². The van der Waals surface area contributed by atoms with Gasteiger partial charge in [-0.25, -0.2) is 4.98 Å². The number of Topliss-reactive ketones (excluding diaryl/α,β-unsaturated/α-hetero) is 1. The lowest BCUT2D eigenvalue weighted by Gasteiger charge is -2.02. The maximum Gasteiger partial charge on any atom is 0.186 e. The molecule has 106 valence electrons. The molecule has 1 aliphatic heterocycles. The number of ketones is 1. The summed E-state index contributed by atoms with van der Waals surface area (Å²) in [6, 6.07) is 5.25. The standard InChI is InChI=1S/C14H8Cl2N2OS2/c15-8-3-1-2-7(11(8)16)6-9-12(19)10(13(17)21-9)14-18-4-5-20-14/h1-6,10,17H. The predicted molar refractivity (Wildman–Crippen MR) is 89.6 cm³/mol. The first kappa shape index (κ1) is 14.8. The molecule has 1 atom stereocenters. The van der Waals surface area contributed by atoms with Crippen LogP contribution < -0.4 is 0 Å². The van der Waals surface area contributed by atoms with Crippen molar-refractivity contribution in [3.63, 3.8) is 0 Å². The van der Waals surface area contributed by atoms with Crippen molar-refractivity contribution < 1.29 is 4.79 Å². The molecule has 1 unspecified atom stereocenters. The van der Waals surface area contributed by atoms with Gasteiger partial charge in [0.15, 0.2) is 5.78 Å². The topological polar surface area (TPSA) is 53.8 Å². The first-order chi connectivity index (χ1) is 10.1. The van der Waals surface area contributed by atoms with Crippen molar-refractivity contribution in [2.45, 2.75) is 5.92 Å². The molecule has 1 aliphatic rings. The van der Waals surface area contributed by atoms with Crippen molar-refractivity contribution in [1.29, 1.82) is 5.41 Å². The van der Waals surface area contributed by atoms with Crippen molar-refractivity contribution in [2.24, 2.45) is 0 Å². The normalized spacial score (nSPS) is 20.5. The first-order valence-electron chi connectivity index (χ1n) is 5.93. The van der Waals surface area contributed by atoms with Crippen LogP contribution in [0.2, 0.25) is 10.0 Å². The molecule has 0 aliphatic carbocycles. The van der Waals surface area contributed by atoms with Crippen LogP contribution in [0.3, 0.4) is 0 Å². The quantitative estimate of drug-likeness (QED) is 0.782. The zero-order valence-corrected chi connectivity index (χ0v) is 13.6.